The van der Waals surface area contributed by atoms with Gasteiger partial charge in [0.2, 0.25) is 5.91 Å². The molecule has 1 heterocycles. The molecule has 1 saturated carbocycles. The number of thiophene rings is 1. The SMILES string of the molecule is COc1ccc(CN(CC(=O)NC(C)(C#N)C2CC2)C(C)Cc2cccs2)cc1. The van der Waals surface area contributed by atoms with Crippen molar-refractivity contribution in [3.8, 4) is 11.8 Å². The molecule has 1 amide bonds. The maximum Gasteiger partial charge on any atom is 0.235 e. The average Bonchev–Trinajstić information content (AvgIpc) is 3.46. The van der Waals surface area contributed by atoms with Gasteiger partial charge in [0, 0.05) is 17.5 Å². The van der Waals surface area contributed by atoms with Crippen LogP contribution in [0, 0.1) is 17.2 Å². The van der Waals surface area contributed by atoms with Gasteiger partial charge in [-0.25, -0.2) is 0 Å². The second-order valence-electron chi connectivity index (χ2n) is 8.02. The molecular weight excluding hydrogens is 382 g/mol. The number of hydrogen-bond donors (Lipinski definition) is 1. The molecule has 0 bridgehead atoms. The quantitative estimate of drug-likeness (QED) is 0.642. The van der Waals surface area contributed by atoms with Crippen molar-refractivity contribution in [1.82, 2.24) is 10.2 Å². The zero-order chi connectivity index (χ0) is 20.9. The number of amides is 1. The number of nitrogens with zero attached hydrogens (tertiary/aromatic N) is 2. The Hall–Kier alpha value is -2.36. The van der Waals surface area contributed by atoms with Gasteiger partial charge in [0.25, 0.3) is 0 Å². The van der Waals surface area contributed by atoms with Crippen LogP contribution < -0.4 is 10.1 Å². The molecule has 0 saturated heterocycles. The van der Waals surface area contributed by atoms with Gasteiger partial charge in [0.05, 0.1) is 19.7 Å². The molecule has 2 atom stereocenters. The molecule has 5 nitrogen and oxygen atoms in total. The van der Waals surface area contributed by atoms with Crippen molar-refractivity contribution in [3.05, 3.63) is 52.2 Å². The molecule has 1 aliphatic carbocycles. The van der Waals surface area contributed by atoms with Crippen molar-refractivity contribution in [1.29, 1.82) is 5.26 Å². The van der Waals surface area contributed by atoms with Crippen LogP contribution >= 0.6 is 11.3 Å². The maximum atomic E-state index is 12.8. The molecule has 6 heteroatoms. The highest BCUT2D eigenvalue weighted by Gasteiger charge is 2.43. The largest absolute Gasteiger partial charge is 0.497 e. The second kappa shape index (κ2) is 9.43. The fraction of sp³-hybridized carbons (Fsp3) is 0.478. The molecule has 0 aliphatic heterocycles. The number of methoxy groups -OCH3 is 1. The van der Waals surface area contributed by atoms with Crippen molar-refractivity contribution in [2.75, 3.05) is 13.7 Å². The molecular formula is C23H29N3O2S. The molecule has 0 spiro atoms. The lowest BCUT2D eigenvalue weighted by Gasteiger charge is -2.30. The first-order valence-electron chi connectivity index (χ1n) is 10.0. The topological polar surface area (TPSA) is 65.4 Å². The fourth-order valence-electron chi connectivity index (χ4n) is 3.58. The minimum absolute atomic E-state index is 0.0903. The number of hydrogen-bond acceptors (Lipinski definition) is 5. The Kier molecular flexibility index (Phi) is 6.94. The molecule has 29 heavy (non-hydrogen) atoms. The van der Waals surface area contributed by atoms with E-state index in [0.29, 0.717) is 6.54 Å². The Bertz CT molecular complexity index is 840. The average molecular weight is 412 g/mol. The second-order valence-corrected chi connectivity index (χ2v) is 9.05. The van der Waals surface area contributed by atoms with Crippen LogP contribution in [-0.4, -0.2) is 36.0 Å². The fourth-order valence-corrected chi connectivity index (χ4v) is 4.40. The summed E-state index contributed by atoms with van der Waals surface area (Å²) in [4.78, 5) is 16.3. The minimum Gasteiger partial charge on any atom is -0.497 e. The monoisotopic (exact) mass is 411 g/mol. The Morgan fingerprint density at radius 3 is 2.66 bits per heavy atom. The van der Waals surface area contributed by atoms with Gasteiger partial charge in [-0.3, -0.25) is 9.69 Å². The summed E-state index contributed by atoms with van der Waals surface area (Å²) < 4.78 is 5.24. The molecule has 154 valence electrons. The summed E-state index contributed by atoms with van der Waals surface area (Å²) in [5.41, 5.74) is 0.363. The Morgan fingerprint density at radius 1 is 1.38 bits per heavy atom. The maximum absolute atomic E-state index is 12.8. The van der Waals surface area contributed by atoms with E-state index in [1.54, 1.807) is 18.4 Å². The number of benzene rings is 1. The predicted molar refractivity (Wildman–Crippen MR) is 116 cm³/mol. The highest BCUT2D eigenvalue weighted by atomic mass is 32.1. The number of carbonyl (C=O) groups is 1. The number of nitriles is 1. The van der Waals surface area contributed by atoms with Gasteiger partial charge in [-0.15, -0.1) is 11.3 Å². The van der Waals surface area contributed by atoms with Crippen LogP contribution in [0.2, 0.25) is 0 Å². The standard InChI is InChI=1S/C23H29N3O2S/c1-17(13-21-5-4-12-29-21)26(14-18-6-10-20(28-3)11-7-18)15-22(27)25-23(2,16-24)19-8-9-19/h4-7,10-12,17,19H,8-9,13-15H2,1-3H3,(H,25,27). The molecule has 1 fully saturated rings. The van der Waals surface area contributed by atoms with E-state index in [9.17, 15) is 10.1 Å². The first-order valence-corrected chi connectivity index (χ1v) is 10.9. The van der Waals surface area contributed by atoms with E-state index in [0.717, 1.165) is 30.6 Å². The van der Waals surface area contributed by atoms with E-state index in [2.05, 4.69) is 40.7 Å². The number of ether oxygens (including phenoxy) is 1. The molecule has 1 aliphatic rings. The van der Waals surface area contributed by atoms with Gasteiger partial charge < -0.3 is 10.1 Å². The Morgan fingerprint density at radius 2 is 2.10 bits per heavy atom. The van der Waals surface area contributed by atoms with Crippen molar-refractivity contribution >= 4 is 17.2 Å². The lowest BCUT2D eigenvalue weighted by atomic mass is 9.98. The zero-order valence-corrected chi connectivity index (χ0v) is 18.2. The highest BCUT2D eigenvalue weighted by molar-refractivity contribution is 7.09. The van der Waals surface area contributed by atoms with Crippen LogP contribution in [-0.2, 0) is 17.8 Å². The van der Waals surface area contributed by atoms with Crippen molar-refractivity contribution < 1.29 is 9.53 Å². The van der Waals surface area contributed by atoms with Crippen LogP contribution in [0.25, 0.3) is 0 Å². The Balaban J connectivity index is 1.70. The lowest BCUT2D eigenvalue weighted by molar-refractivity contribution is -0.124. The van der Waals surface area contributed by atoms with Crippen LogP contribution in [0.1, 0.15) is 37.1 Å². The molecule has 1 aromatic heterocycles. The van der Waals surface area contributed by atoms with E-state index in [-0.39, 0.29) is 24.4 Å². The first kappa shape index (κ1) is 21.4. The normalized spacial score (nSPS) is 16.7. The van der Waals surface area contributed by atoms with E-state index >= 15 is 0 Å². The summed E-state index contributed by atoms with van der Waals surface area (Å²) in [5, 5.41) is 14.6. The summed E-state index contributed by atoms with van der Waals surface area (Å²) in [6.07, 6.45) is 2.91. The number of carbonyl (C=O) groups excluding carboxylic acids is 1. The molecule has 0 radical (unpaired) electrons. The summed E-state index contributed by atoms with van der Waals surface area (Å²) >= 11 is 1.74. The van der Waals surface area contributed by atoms with E-state index in [1.807, 2.05) is 31.2 Å². The van der Waals surface area contributed by atoms with Gasteiger partial charge >= 0.3 is 0 Å². The molecule has 1 aromatic carbocycles. The summed E-state index contributed by atoms with van der Waals surface area (Å²) in [6, 6.07) is 14.6. The molecule has 2 aromatic rings. The Labute approximate surface area is 177 Å². The highest BCUT2D eigenvalue weighted by Crippen LogP contribution is 2.39. The van der Waals surface area contributed by atoms with Gasteiger partial charge in [-0.05, 0) is 68.2 Å². The van der Waals surface area contributed by atoms with Gasteiger partial charge in [0.1, 0.15) is 11.3 Å². The summed E-state index contributed by atoms with van der Waals surface area (Å²) in [5.74, 6) is 1.00. The minimum atomic E-state index is -0.764. The lowest BCUT2D eigenvalue weighted by Crippen LogP contribution is -2.51. The third kappa shape index (κ3) is 5.81. The van der Waals surface area contributed by atoms with E-state index in [4.69, 9.17) is 4.74 Å². The van der Waals surface area contributed by atoms with Crippen molar-refractivity contribution in [3.63, 3.8) is 0 Å². The van der Waals surface area contributed by atoms with E-state index < -0.39 is 5.54 Å². The van der Waals surface area contributed by atoms with Gasteiger partial charge in [-0.2, -0.15) is 5.26 Å². The van der Waals surface area contributed by atoms with Crippen LogP contribution in [0.5, 0.6) is 5.75 Å². The molecule has 1 N–H and O–H groups in total. The third-order valence-corrected chi connectivity index (χ3v) is 6.52. The summed E-state index contributed by atoms with van der Waals surface area (Å²) in [7, 11) is 1.65. The molecule has 2 unspecified atom stereocenters. The van der Waals surface area contributed by atoms with Crippen LogP contribution in [0.4, 0.5) is 0 Å². The smallest absolute Gasteiger partial charge is 0.235 e. The van der Waals surface area contributed by atoms with Gasteiger partial charge in [0.15, 0.2) is 0 Å². The summed E-state index contributed by atoms with van der Waals surface area (Å²) in [6.45, 7) is 4.92. The van der Waals surface area contributed by atoms with Crippen LogP contribution in [0.15, 0.2) is 41.8 Å². The first-order chi connectivity index (χ1) is 13.9. The van der Waals surface area contributed by atoms with E-state index in [1.165, 1.54) is 4.88 Å². The van der Waals surface area contributed by atoms with Crippen LogP contribution in [0.3, 0.4) is 0 Å². The molecule has 3 rings (SSSR count). The van der Waals surface area contributed by atoms with Crippen molar-refractivity contribution in [2.45, 2.75) is 51.2 Å². The predicted octanol–water partition coefficient (Wildman–Crippen LogP) is 4.00. The number of nitrogens with one attached hydrogen (secondary N) is 1. The zero-order valence-electron chi connectivity index (χ0n) is 17.4. The van der Waals surface area contributed by atoms with Crippen molar-refractivity contribution in [2.24, 2.45) is 5.92 Å². The number of rotatable bonds is 10. The third-order valence-electron chi connectivity index (χ3n) is 5.62. The van der Waals surface area contributed by atoms with Gasteiger partial charge in [-0.1, -0.05) is 18.2 Å².